The first-order chi connectivity index (χ1) is 11.0. The van der Waals surface area contributed by atoms with Gasteiger partial charge in [-0.05, 0) is 6.07 Å². The van der Waals surface area contributed by atoms with Crippen LogP contribution in [0.4, 0.5) is 0 Å². The Morgan fingerprint density at radius 3 is 2.62 bits per heavy atom. The van der Waals surface area contributed by atoms with Crippen LogP contribution in [0.2, 0.25) is 0 Å². The Morgan fingerprint density at radius 1 is 1.42 bits per heavy atom. The highest BCUT2D eigenvalue weighted by Crippen LogP contribution is 2.65. The van der Waals surface area contributed by atoms with Gasteiger partial charge in [0.25, 0.3) is 5.40 Å². The number of aliphatic hydroxyl groups excluding tert-OH is 1. The molecule has 2 atom stereocenters. The summed E-state index contributed by atoms with van der Waals surface area (Å²) in [4.78, 5) is 46.2. The lowest BCUT2D eigenvalue weighted by Gasteiger charge is -2.17. The largest absolute Gasteiger partial charge is 0.427 e. The Kier molecular flexibility index (Phi) is 8.38. The highest BCUT2D eigenvalue weighted by molar-refractivity contribution is 7.74. The molecule has 2 unspecified atom stereocenters. The van der Waals surface area contributed by atoms with E-state index in [0.717, 1.165) is 0 Å². The lowest BCUT2D eigenvalue weighted by Crippen LogP contribution is -2.44. The summed E-state index contributed by atoms with van der Waals surface area (Å²) < 4.78 is 17.6. The van der Waals surface area contributed by atoms with Crippen molar-refractivity contribution >= 4 is 23.2 Å². The second-order valence-electron chi connectivity index (χ2n) is 5.21. The van der Waals surface area contributed by atoms with Crippen molar-refractivity contribution in [3.05, 3.63) is 30.1 Å². The first-order valence-electron chi connectivity index (χ1n) is 6.90. The van der Waals surface area contributed by atoms with Crippen LogP contribution in [0.25, 0.3) is 0 Å². The molecule has 10 nitrogen and oxygen atoms in total. The summed E-state index contributed by atoms with van der Waals surface area (Å²) >= 11 is 0. The van der Waals surface area contributed by atoms with E-state index >= 15 is 0 Å². The van der Waals surface area contributed by atoms with Gasteiger partial charge in [-0.2, -0.15) is 14.7 Å². The summed E-state index contributed by atoms with van der Waals surface area (Å²) in [7, 11) is -6.85. The summed E-state index contributed by atoms with van der Waals surface area (Å²) in [5, 5.41) is 10.6. The van der Waals surface area contributed by atoms with Gasteiger partial charge >= 0.3 is 23.2 Å². The summed E-state index contributed by atoms with van der Waals surface area (Å²) in [6.07, 6.45) is 1.96. The molecule has 0 aromatic carbocycles. The van der Waals surface area contributed by atoms with E-state index in [1.807, 2.05) is 0 Å². The Bertz CT molecular complexity index is 567. The van der Waals surface area contributed by atoms with Crippen LogP contribution in [0.1, 0.15) is 5.56 Å². The smallest absolute Gasteiger partial charge is 0.419 e. The highest BCUT2D eigenvalue weighted by Gasteiger charge is 2.54. The monoisotopic (exact) mass is 383 g/mol. The molecule has 0 saturated carbocycles. The third-order valence-corrected chi connectivity index (χ3v) is 6.88. The second kappa shape index (κ2) is 9.31. The van der Waals surface area contributed by atoms with Crippen molar-refractivity contribution < 1.29 is 43.4 Å². The molecule has 1 aromatic heterocycles. The number of hydrogen-bond donors (Lipinski definition) is 7. The quantitative estimate of drug-likeness (QED) is 0.104. The molecule has 0 saturated heterocycles. The van der Waals surface area contributed by atoms with Gasteiger partial charge in [0.15, 0.2) is 18.9 Å². The maximum atomic E-state index is 11.4. The Hall–Kier alpha value is -0.445. The van der Waals surface area contributed by atoms with E-state index in [0.29, 0.717) is 5.56 Å². The number of pyridine rings is 1. The SMILES string of the molecule is CO[B]NCC(O)C[n+]1cccc(CC(P(=O)(O)O)[P+](O)(O)O)c1. The van der Waals surface area contributed by atoms with Crippen LogP contribution in [0.5, 0.6) is 0 Å². The number of nitrogens with one attached hydrogen (secondary N) is 1. The minimum absolute atomic E-state index is 0.191. The molecule has 1 aromatic rings. The number of hydrogen-bond acceptors (Lipinski definition) is 7. The molecule has 0 spiro atoms. The zero-order valence-corrected chi connectivity index (χ0v) is 14.8. The van der Waals surface area contributed by atoms with Gasteiger partial charge in [0, 0.05) is 31.7 Å². The lowest BCUT2D eigenvalue weighted by atomic mass is 10.2. The van der Waals surface area contributed by atoms with E-state index in [1.165, 1.54) is 27.0 Å². The van der Waals surface area contributed by atoms with Crippen LogP contribution in [-0.4, -0.2) is 62.3 Å². The van der Waals surface area contributed by atoms with Crippen molar-refractivity contribution in [3.8, 4) is 0 Å². The predicted octanol–water partition coefficient (Wildman–Crippen LogP) is -2.11. The van der Waals surface area contributed by atoms with Gasteiger partial charge in [-0.1, -0.05) is 0 Å². The minimum Gasteiger partial charge on any atom is -0.427 e. The molecule has 0 aliphatic heterocycles. The van der Waals surface area contributed by atoms with Gasteiger partial charge in [0.05, 0.1) is 0 Å². The first-order valence-corrected chi connectivity index (χ1v) is 10.3. The van der Waals surface area contributed by atoms with Gasteiger partial charge in [-0.15, -0.1) is 0 Å². The maximum Gasteiger partial charge on any atom is 0.419 e. The predicted molar refractivity (Wildman–Crippen MR) is 86.5 cm³/mol. The summed E-state index contributed by atoms with van der Waals surface area (Å²) in [5.74, 6) is 0. The van der Waals surface area contributed by atoms with Crippen molar-refractivity contribution in [1.82, 2.24) is 5.23 Å². The minimum atomic E-state index is -4.91. The van der Waals surface area contributed by atoms with Crippen molar-refractivity contribution in [2.24, 2.45) is 0 Å². The van der Waals surface area contributed by atoms with Crippen molar-refractivity contribution in [2.75, 3.05) is 13.7 Å². The van der Waals surface area contributed by atoms with E-state index in [1.54, 1.807) is 16.8 Å². The number of rotatable bonds is 10. The van der Waals surface area contributed by atoms with E-state index in [4.69, 9.17) is 0 Å². The van der Waals surface area contributed by atoms with Crippen LogP contribution >= 0.6 is 15.5 Å². The zero-order chi connectivity index (χ0) is 18.4. The second-order valence-corrected chi connectivity index (χ2v) is 9.27. The van der Waals surface area contributed by atoms with E-state index < -0.39 is 33.5 Å². The van der Waals surface area contributed by atoms with E-state index in [9.17, 15) is 34.1 Å². The Labute approximate surface area is 140 Å². The van der Waals surface area contributed by atoms with E-state index in [2.05, 4.69) is 9.88 Å². The molecule has 0 aliphatic rings. The highest BCUT2D eigenvalue weighted by atomic mass is 31.3. The number of aromatic nitrogens is 1. The van der Waals surface area contributed by atoms with Gasteiger partial charge < -0.3 is 24.8 Å². The third kappa shape index (κ3) is 7.63. The topological polar surface area (TPSA) is 164 Å². The molecular formula is C11H22BN2O8P2+2. The number of nitrogens with zero attached hydrogens (tertiary/aromatic N) is 1. The van der Waals surface area contributed by atoms with Crippen molar-refractivity contribution in [2.45, 2.75) is 24.5 Å². The average molecular weight is 383 g/mol. The fourth-order valence-electron chi connectivity index (χ4n) is 2.04. The maximum absolute atomic E-state index is 11.4. The fourth-order valence-corrected chi connectivity index (χ4v) is 4.56. The zero-order valence-electron chi connectivity index (χ0n) is 13.0. The normalized spacial score (nSPS) is 15.1. The van der Waals surface area contributed by atoms with Gasteiger partial charge in [0.1, 0.15) is 6.10 Å². The first kappa shape index (κ1) is 21.6. The molecule has 7 N–H and O–H groups in total. The van der Waals surface area contributed by atoms with Crippen molar-refractivity contribution in [1.29, 1.82) is 0 Å². The van der Waals surface area contributed by atoms with Crippen LogP contribution in [0, 0.1) is 0 Å². The third-order valence-electron chi connectivity index (χ3n) is 3.10. The van der Waals surface area contributed by atoms with Crippen LogP contribution in [0.15, 0.2) is 24.5 Å². The molecule has 24 heavy (non-hydrogen) atoms. The molecule has 1 radical (unpaired) electrons. The molecular weight excluding hydrogens is 361 g/mol. The summed E-state index contributed by atoms with van der Waals surface area (Å²) in [5.41, 5.74) is 0.371. The van der Waals surface area contributed by atoms with Gasteiger partial charge in [0.2, 0.25) is 0 Å². The number of aliphatic hydroxyl groups is 1. The van der Waals surface area contributed by atoms with Crippen molar-refractivity contribution in [3.63, 3.8) is 0 Å². The van der Waals surface area contributed by atoms with Crippen LogP contribution in [0.3, 0.4) is 0 Å². The lowest BCUT2D eigenvalue weighted by molar-refractivity contribution is -0.703. The van der Waals surface area contributed by atoms with Gasteiger partial charge in [-0.3, -0.25) is 4.57 Å². The van der Waals surface area contributed by atoms with Crippen LogP contribution < -0.4 is 9.79 Å². The molecule has 0 aliphatic carbocycles. The molecule has 13 heteroatoms. The van der Waals surface area contributed by atoms with Gasteiger partial charge in [-0.25, -0.2) is 4.57 Å². The van der Waals surface area contributed by atoms with E-state index in [-0.39, 0.29) is 13.1 Å². The van der Waals surface area contributed by atoms with Crippen LogP contribution in [-0.2, 0) is 22.2 Å². The summed E-state index contributed by atoms with van der Waals surface area (Å²) in [6, 6.07) is 3.11. The molecule has 0 amide bonds. The summed E-state index contributed by atoms with van der Waals surface area (Å²) in [6.45, 7) is 0.422. The fraction of sp³-hybridized carbons (Fsp3) is 0.545. The molecule has 0 bridgehead atoms. The molecule has 0 fully saturated rings. The molecule has 135 valence electrons. The molecule has 1 rings (SSSR count). The average Bonchev–Trinajstić information content (AvgIpc) is 2.43. The standard InChI is InChI=1S/C11H20BN2O8P2/c1-22-12-13-6-10(15)8-14-4-2-3-9(7-14)5-11(23(16,17)18)24(19,20)21/h2-4,7,10-11,13,15-18H,5-6,8H2,1H3/p+2. The molecule has 1 heterocycles. The Balaban J connectivity index is 2.79. The Morgan fingerprint density at radius 2 is 2.08 bits per heavy atom.